The maximum absolute atomic E-state index is 13.2. The van der Waals surface area contributed by atoms with Gasteiger partial charge in [-0.05, 0) is 48.3 Å². The highest BCUT2D eigenvalue weighted by Crippen LogP contribution is 2.51. The molecule has 4 heteroatoms. The molecule has 154 valence electrons. The van der Waals surface area contributed by atoms with E-state index >= 15 is 0 Å². The van der Waals surface area contributed by atoms with Crippen LogP contribution in [-0.2, 0) is 9.59 Å². The summed E-state index contributed by atoms with van der Waals surface area (Å²) in [6.45, 7) is 11.1. The van der Waals surface area contributed by atoms with Crippen LogP contribution in [0.5, 0.6) is 5.75 Å². The zero-order valence-electron chi connectivity index (χ0n) is 18.1. The van der Waals surface area contributed by atoms with Crippen molar-refractivity contribution in [1.82, 2.24) is 5.32 Å². The van der Waals surface area contributed by atoms with E-state index in [0.717, 1.165) is 46.7 Å². The number of Topliss-reactive ketones (excluding diaryl/α,β-unsaturated/α-hetero) is 2. The molecule has 3 aliphatic rings. The highest BCUT2D eigenvalue weighted by molar-refractivity contribution is 6.06. The van der Waals surface area contributed by atoms with Gasteiger partial charge in [0.1, 0.15) is 5.75 Å². The fourth-order valence-corrected chi connectivity index (χ4v) is 5.15. The highest BCUT2D eigenvalue weighted by atomic mass is 16.5. The number of hydrogen-bond donors (Lipinski definition) is 1. The van der Waals surface area contributed by atoms with Crippen molar-refractivity contribution in [2.24, 2.45) is 10.8 Å². The number of nitrogens with one attached hydrogen (secondary N) is 1. The maximum atomic E-state index is 13.2. The zero-order valence-corrected chi connectivity index (χ0v) is 18.1. The van der Waals surface area contributed by atoms with Crippen molar-refractivity contribution in [1.29, 1.82) is 0 Å². The minimum atomic E-state index is -0.274. The summed E-state index contributed by atoms with van der Waals surface area (Å²) in [6.07, 6.45) is 2.69. The summed E-state index contributed by atoms with van der Waals surface area (Å²) < 4.78 is 5.59. The van der Waals surface area contributed by atoms with Crippen LogP contribution in [0.15, 0.2) is 46.8 Å². The molecule has 0 saturated heterocycles. The van der Waals surface area contributed by atoms with Gasteiger partial charge in [-0.1, -0.05) is 39.8 Å². The van der Waals surface area contributed by atoms with Crippen molar-refractivity contribution in [3.05, 3.63) is 52.4 Å². The van der Waals surface area contributed by atoms with E-state index < -0.39 is 0 Å². The third-order valence-electron chi connectivity index (χ3n) is 6.24. The summed E-state index contributed by atoms with van der Waals surface area (Å²) in [7, 11) is 0. The van der Waals surface area contributed by atoms with Gasteiger partial charge in [0.15, 0.2) is 11.6 Å². The van der Waals surface area contributed by atoms with Crippen LogP contribution in [0.3, 0.4) is 0 Å². The Kier molecular flexibility index (Phi) is 4.71. The first kappa shape index (κ1) is 19.9. The van der Waals surface area contributed by atoms with Gasteiger partial charge in [-0.2, -0.15) is 0 Å². The number of ketones is 2. The molecule has 2 aliphatic carbocycles. The van der Waals surface area contributed by atoms with E-state index in [-0.39, 0.29) is 28.3 Å². The highest BCUT2D eigenvalue weighted by Gasteiger charge is 2.46. The summed E-state index contributed by atoms with van der Waals surface area (Å²) in [5, 5.41) is 3.55. The minimum absolute atomic E-state index is 0.0709. The standard InChI is InChI=1S/C25H31NO3/c1-6-29-16-9-7-15(8-10-16)21-22-17(11-24(2,3)13-19(22)27)26-18-12-25(4,5)14-20(28)23(18)21/h7-10,21,26H,6,11-14H2,1-5H3. The van der Waals surface area contributed by atoms with Crippen LogP contribution in [0.1, 0.15) is 71.8 Å². The van der Waals surface area contributed by atoms with E-state index in [0.29, 0.717) is 19.4 Å². The summed E-state index contributed by atoms with van der Waals surface area (Å²) in [5.41, 5.74) is 4.46. The van der Waals surface area contributed by atoms with Crippen LogP contribution in [-0.4, -0.2) is 18.2 Å². The molecule has 1 aromatic rings. The molecule has 0 fully saturated rings. The van der Waals surface area contributed by atoms with E-state index in [9.17, 15) is 9.59 Å². The van der Waals surface area contributed by atoms with E-state index in [1.165, 1.54) is 0 Å². The summed E-state index contributed by atoms with van der Waals surface area (Å²) in [4.78, 5) is 26.5. The van der Waals surface area contributed by atoms with Crippen LogP contribution in [0.25, 0.3) is 0 Å². The second kappa shape index (κ2) is 6.86. The normalized spacial score (nSPS) is 23.5. The van der Waals surface area contributed by atoms with Gasteiger partial charge in [-0.3, -0.25) is 9.59 Å². The lowest BCUT2D eigenvalue weighted by Crippen LogP contribution is -2.42. The number of benzene rings is 1. The van der Waals surface area contributed by atoms with Crippen molar-refractivity contribution in [2.45, 2.75) is 66.2 Å². The van der Waals surface area contributed by atoms with Gasteiger partial charge >= 0.3 is 0 Å². The van der Waals surface area contributed by atoms with Gasteiger partial charge in [-0.25, -0.2) is 0 Å². The number of carbonyl (C=O) groups is 2. The Labute approximate surface area is 173 Å². The van der Waals surface area contributed by atoms with Crippen molar-refractivity contribution in [3.8, 4) is 5.75 Å². The van der Waals surface area contributed by atoms with Crippen LogP contribution in [0.4, 0.5) is 0 Å². The van der Waals surface area contributed by atoms with Crippen LogP contribution < -0.4 is 10.1 Å². The molecule has 4 nitrogen and oxygen atoms in total. The van der Waals surface area contributed by atoms with Crippen LogP contribution >= 0.6 is 0 Å². The molecule has 0 bridgehead atoms. The summed E-state index contributed by atoms with van der Waals surface area (Å²) in [5.74, 6) is 0.851. The Hall–Kier alpha value is -2.36. The first-order chi connectivity index (χ1) is 13.6. The average Bonchev–Trinajstić information content (AvgIpc) is 2.58. The fraction of sp³-hybridized carbons (Fsp3) is 0.520. The molecule has 0 aromatic heterocycles. The van der Waals surface area contributed by atoms with Gasteiger partial charge in [-0.15, -0.1) is 0 Å². The van der Waals surface area contributed by atoms with E-state index in [1.807, 2.05) is 31.2 Å². The predicted molar refractivity (Wildman–Crippen MR) is 114 cm³/mol. The van der Waals surface area contributed by atoms with Gasteiger partial charge in [0.2, 0.25) is 0 Å². The van der Waals surface area contributed by atoms with Gasteiger partial charge in [0.25, 0.3) is 0 Å². The second-order valence-corrected chi connectivity index (χ2v) is 10.2. The van der Waals surface area contributed by atoms with E-state index in [1.54, 1.807) is 0 Å². The molecule has 0 amide bonds. The third kappa shape index (κ3) is 3.65. The van der Waals surface area contributed by atoms with Gasteiger partial charge in [0, 0.05) is 41.3 Å². The summed E-state index contributed by atoms with van der Waals surface area (Å²) in [6, 6.07) is 7.90. The first-order valence-electron chi connectivity index (χ1n) is 10.6. The lowest BCUT2D eigenvalue weighted by atomic mass is 9.64. The number of allylic oxidation sites excluding steroid dienone is 4. The number of ether oxygens (including phenoxy) is 1. The molecule has 0 radical (unpaired) electrons. The SMILES string of the molecule is CCOc1ccc(C2C3=C(CC(C)(C)CC3=O)NC3=C2C(=O)CC(C)(C)C3)cc1. The van der Waals surface area contributed by atoms with Gasteiger partial charge < -0.3 is 10.1 Å². The van der Waals surface area contributed by atoms with Crippen molar-refractivity contribution >= 4 is 11.6 Å². The molecule has 4 rings (SSSR count). The Bertz CT molecular complexity index is 879. The quantitative estimate of drug-likeness (QED) is 0.780. The lowest BCUT2D eigenvalue weighted by molar-refractivity contribution is -0.119. The molecular weight excluding hydrogens is 362 g/mol. The molecule has 1 aliphatic heterocycles. The van der Waals surface area contributed by atoms with E-state index in [4.69, 9.17) is 4.74 Å². The molecule has 1 N–H and O–H groups in total. The summed E-state index contributed by atoms with van der Waals surface area (Å²) >= 11 is 0. The lowest BCUT2D eigenvalue weighted by Gasteiger charge is -2.44. The first-order valence-corrected chi connectivity index (χ1v) is 10.6. The molecule has 1 heterocycles. The third-order valence-corrected chi connectivity index (χ3v) is 6.24. The fourth-order valence-electron chi connectivity index (χ4n) is 5.15. The van der Waals surface area contributed by atoms with Crippen LogP contribution in [0.2, 0.25) is 0 Å². The molecular formula is C25H31NO3. The topological polar surface area (TPSA) is 55.4 Å². The minimum Gasteiger partial charge on any atom is -0.494 e. The number of hydrogen-bond acceptors (Lipinski definition) is 4. The molecule has 0 atom stereocenters. The van der Waals surface area contributed by atoms with Crippen molar-refractivity contribution < 1.29 is 14.3 Å². The Balaban J connectivity index is 1.85. The maximum Gasteiger partial charge on any atom is 0.162 e. The average molecular weight is 394 g/mol. The van der Waals surface area contributed by atoms with Crippen molar-refractivity contribution in [2.75, 3.05) is 6.61 Å². The molecule has 0 saturated carbocycles. The molecule has 1 aromatic carbocycles. The monoisotopic (exact) mass is 393 g/mol. The van der Waals surface area contributed by atoms with E-state index in [2.05, 4.69) is 33.0 Å². The largest absolute Gasteiger partial charge is 0.494 e. The number of dihydropyridines is 1. The number of rotatable bonds is 3. The Morgan fingerprint density at radius 3 is 1.79 bits per heavy atom. The molecule has 0 unspecified atom stereocenters. The smallest absolute Gasteiger partial charge is 0.162 e. The molecule has 0 spiro atoms. The van der Waals surface area contributed by atoms with Crippen molar-refractivity contribution in [3.63, 3.8) is 0 Å². The number of carbonyl (C=O) groups excluding carboxylic acids is 2. The zero-order chi connectivity index (χ0) is 21.0. The Morgan fingerprint density at radius 2 is 1.34 bits per heavy atom. The van der Waals surface area contributed by atoms with Crippen LogP contribution in [0, 0.1) is 10.8 Å². The molecule has 29 heavy (non-hydrogen) atoms. The Morgan fingerprint density at radius 1 is 0.862 bits per heavy atom. The predicted octanol–water partition coefficient (Wildman–Crippen LogP) is 5.06. The second-order valence-electron chi connectivity index (χ2n) is 10.2. The van der Waals surface area contributed by atoms with Gasteiger partial charge in [0.05, 0.1) is 6.61 Å².